The van der Waals surface area contributed by atoms with Gasteiger partial charge in [0.05, 0.1) is 7.11 Å². The zero-order valence-electron chi connectivity index (χ0n) is 20.9. The summed E-state index contributed by atoms with van der Waals surface area (Å²) < 4.78 is 5.26. The van der Waals surface area contributed by atoms with Gasteiger partial charge in [-0.1, -0.05) is 0 Å². The molecule has 5 heterocycles. The molecule has 2 N–H and O–H groups in total. The number of hydrogen-bond donors (Lipinski definition) is 2. The molecule has 2 bridgehead atoms. The Kier molecular flexibility index (Phi) is 6.01. The normalized spacial score (nSPS) is 26.6. The zero-order chi connectivity index (χ0) is 24.8. The third kappa shape index (κ3) is 4.29. The van der Waals surface area contributed by atoms with E-state index in [-0.39, 0.29) is 18.0 Å². The Morgan fingerprint density at radius 1 is 1.06 bits per heavy atom. The average Bonchev–Trinajstić information content (AvgIpc) is 3.33. The van der Waals surface area contributed by atoms with Gasteiger partial charge in [-0.2, -0.15) is 0 Å². The minimum Gasteiger partial charge on any atom is -0.497 e. The Balaban J connectivity index is 1.03. The number of benzene rings is 1. The topological polar surface area (TPSA) is 98.0 Å². The van der Waals surface area contributed by atoms with Crippen molar-refractivity contribution in [3.05, 3.63) is 30.0 Å². The molecule has 2 unspecified atom stereocenters. The van der Waals surface area contributed by atoms with Crippen molar-refractivity contribution in [1.29, 1.82) is 0 Å². The molecule has 6 rings (SSSR count). The standard InChI is InChI=1S/C27H35N5O4/c1-36-21-6-5-18-12-23(29-22(18)13-21)26(34)28-20-7-9-30(10-8-20)27(35)31-14-17-11-19(16-31)24-3-2-4-25(33)32(24)15-17/h5-6,12-13,17,19-20,24,29H,2-4,7-11,14-16H2,1H3,(H,28,34)/t17?,19?,24-/m1/s1. The van der Waals surface area contributed by atoms with Crippen LogP contribution in [0.1, 0.15) is 49.0 Å². The summed E-state index contributed by atoms with van der Waals surface area (Å²) in [6.07, 6.45) is 5.35. The number of aromatic amines is 1. The number of piperidine rings is 4. The van der Waals surface area contributed by atoms with E-state index in [9.17, 15) is 14.4 Å². The second kappa shape index (κ2) is 9.33. The number of likely N-dealkylation sites (tertiary alicyclic amines) is 2. The quantitative estimate of drug-likeness (QED) is 0.687. The summed E-state index contributed by atoms with van der Waals surface area (Å²) in [5.74, 6) is 1.72. The van der Waals surface area contributed by atoms with Crippen molar-refractivity contribution < 1.29 is 19.1 Å². The van der Waals surface area contributed by atoms with E-state index in [1.165, 1.54) is 0 Å². The predicted molar refractivity (Wildman–Crippen MR) is 135 cm³/mol. The molecule has 1 aromatic heterocycles. The molecule has 0 spiro atoms. The van der Waals surface area contributed by atoms with E-state index >= 15 is 0 Å². The summed E-state index contributed by atoms with van der Waals surface area (Å²) in [4.78, 5) is 47.9. The molecule has 2 aromatic rings. The lowest BCUT2D eigenvalue weighted by Crippen LogP contribution is -2.62. The first-order valence-corrected chi connectivity index (χ1v) is 13.3. The second-order valence-corrected chi connectivity index (χ2v) is 10.9. The van der Waals surface area contributed by atoms with Crippen molar-refractivity contribution in [2.45, 2.75) is 50.6 Å². The number of ether oxygens (including phenoxy) is 1. The third-order valence-electron chi connectivity index (χ3n) is 8.63. The number of fused-ring (bicyclic) bond motifs is 5. The fourth-order valence-electron chi connectivity index (χ4n) is 6.80. The zero-order valence-corrected chi connectivity index (χ0v) is 20.9. The molecule has 192 valence electrons. The van der Waals surface area contributed by atoms with Crippen LogP contribution >= 0.6 is 0 Å². The molecular formula is C27H35N5O4. The summed E-state index contributed by atoms with van der Waals surface area (Å²) in [6, 6.07) is 8.03. The molecule has 4 aliphatic heterocycles. The van der Waals surface area contributed by atoms with Crippen molar-refractivity contribution >= 4 is 28.7 Å². The third-order valence-corrected chi connectivity index (χ3v) is 8.63. The van der Waals surface area contributed by atoms with Gasteiger partial charge in [-0.25, -0.2) is 4.79 Å². The molecule has 36 heavy (non-hydrogen) atoms. The summed E-state index contributed by atoms with van der Waals surface area (Å²) in [6.45, 7) is 3.60. The van der Waals surface area contributed by atoms with Crippen LogP contribution in [0.4, 0.5) is 4.79 Å². The Morgan fingerprint density at radius 2 is 1.89 bits per heavy atom. The maximum absolute atomic E-state index is 13.4. The van der Waals surface area contributed by atoms with Gasteiger partial charge in [0.25, 0.3) is 5.91 Å². The maximum atomic E-state index is 13.4. The molecule has 3 atom stereocenters. The van der Waals surface area contributed by atoms with Gasteiger partial charge in [-0.3, -0.25) is 9.59 Å². The number of H-pyrrole nitrogens is 1. The highest BCUT2D eigenvalue weighted by molar-refractivity contribution is 5.98. The van der Waals surface area contributed by atoms with Gasteiger partial charge in [0.15, 0.2) is 0 Å². The summed E-state index contributed by atoms with van der Waals surface area (Å²) in [5, 5.41) is 4.11. The number of carbonyl (C=O) groups excluding carboxylic acids is 3. The Hall–Kier alpha value is -3.23. The molecule has 4 amide bonds. The molecule has 0 radical (unpaired) electrons. The van der Waals surface area contributed by atoms with Crippen LogP contribution in [-0.2, 0) is 4.79 Å². The molecule has 0 saturated carbocycles. The van der Waals surface area contributed by atoms with E-state index in [4.69, 9.17) is 4.74 Å². The molecule has 0 aliphatic carbocycles. The van der Waals surface area contributed by atoms with Crippen LogP contribution in [0, 0.1) is 11.8 Å². The SMILES string of the molecule is COc1ccc2cc(C(=O)NC3CCN(C(=O)N4CC5CC(C4)[C@H]4CCCC(=O)N4C5)CC3)[nH]c2c1. The average molecular weight is 494 g/mol. The number of carbonyl (C=O) groups is 3. The van der Waals surface area contributed by atoms with Crippen LogP contribution in [0.25, 0.3) is 10.9 Å². The van der Waals surface area contributed by atoms with Crippen LogP contribution in [0.5, 0.6) is 5.75 Å². The van der Waals surface area contributed by atoms with Crippen molar-refractivity contribution in [2.75, 3.05) is 39.8 Å². The first-order chi connectivity index (χ1) is 17.5. The number of aromatic nitrogens is 1. The van der Waals surface area contributed by atoms with Gasteiger partial charge in [-0.05, 0) is 62.1 Å². The number of methoxy groups -OCH3 is 1. The van der Waals surface area contributed by atoms with Crippen molar-refractivity contribution in [2.24, 2.45) is 11.8 Å². The fraction of sp³-hybridized carbons (Fsp3) is 0.593. The molecular weight excluding hydrogens is 458 g/mol. The smallest absolute Gasteiger partial charge is 0.320 e. The van der Waals surface area contributed by atoms with E-state index in [0.29, 0.717) is 49.0 Å². The fourth-order valence-corrected chi connectivity index (χ4v) is 6.80. The minimum absolute atomic E-state index is 0.0463. The predicted octanol–water partition coefficient (Wildman–Crippen LogP) is 2.82. The van der Waals surface area contributed by atoms with Crippen molar-refractivity contribution in [3.63, 3.8) is 0 Å². The summed E-state index contributed by atoms with van der Waals surface area (Å²) in [7, 11) is 1.62. The van der Waals surface area contributed by atoms with Crippen LogP contribution in [-0.4, -0.2) is 89.4 Å². The molecule has 9 heteroatoms. The Labute approximate surface area is 211 Å². The molecule has 4 fully saturated rings. The van der Waals surface area contributed by atoms with Gasteiger partial charge in [0.1, 0.15) is 11.4 Å². The van der Waals surface area contributed by atoms with Crippen LogP contribution in [0.2, 0.25) is 0 Å². The largest absolute Gasteiger partial charge is 0.497 e. The lowest BCUT2D eigenvalue weighted by molar-refractivity contribution is -0.144. The number of urea groups is 1. The van der Waals surface area contributed by atoms with Crippen molar-refractivity contribution in [1.82, 2.24) is 25.0 Å². The first-order valence-electron chi connectivity index (χ1n) is 13.3. The van der Waals surface area contributed by atoms with Gasteiger partial charge in [0, 0.05) is 68.2 Å². The Bertz CT molecular complexity index is 1170. The minimum atomic E-state index is -0.120. The van der Waals surface area contributed by atoms with Gasteiger partial charge >= 0.3 is 6.03 Å². The van der Waals surface area contributed by atoms with Crippen molar-refractivity contribution in [3.8, 4) is 5.75 Å². The lowest BCUT2D eigenvalue weighted by atomic mass is 9.76. The highest BCUT2D eigenvalue weighted by atomic mass is 16.5. The van der Waals surface area contributed by atoms with Gasteiger partial charge in [-0.15, -0.1) is 0 Å². The van der Waals surface area contributed by atoms with Gasteiger partial charge in [0.2, 0.25) is 5.91 Å². The van der Waals surface area contributed by atoms with E-state index in [1.54, 1.807) is 7.11 Å². The molecule has 4 saturated heterocycles. The Morgan fingerprint density at radius 3 is 2.69 bits per heavy atom. The second-order valence-electron chi connectivity index (χ2n) is 10.9. The van der Waals surface area contributed by atoms with E-state index in [1.807, 2.05) is 34.1 Å². The van der Waals surface area contributed by atoms with E-state index < -0.39 is 0 Å². The number of amides is 4. The number of nitrogens with zero attached hydrogens (tertiary/aromatic N) is 3. The molecule has 1 aromatic carbocycles. The van der Waals surface area contributed by atoms with Crippen LogP contribution in [0.3, 0.4) is 0 Å². The van der Waals surface area contributed by atoms with E-state index in [0.717, 1.165) is 68.4 Å². The highest BCUT2D eigenvalue weighted by Gasteiger charge is 2.45. The number of nitrogens with one attached hydrogen (secondary N) is 2. The maximum Gasteiger partial charge on any atom is 0.320 e. The number of hydrogen-bond acceptors (Lipinski definition) is 4. The highest BCUT2D eigenvalue weighted by Crippen LogP contribution is 2.38. The summed E-state index contributed by atoms with van der Waals surface area (Å²) in [5.41, 5.74) is 1.40. The first kappa shape index (κ1) is 23.2. The van der Waals surface area contributed by atoms with E-state index in [2.05, 4.69) is 15.2 Å². The van der Waals surface area contributed by atoms with Crippen LogP contribution < -0.4 is 10.1 Å². The lowest BCUT2D eigenvalue weighted by Gasteiger charge is -2.53. The summed E-state index contributed by atoms with van der Waals surface area (Å²) >= 11 is 0. The van der Waals surface area contributed by atoms with Gasteiger partial charge < -0.3 is 29.7 Å². The van der Waals surface area contributed by atoms with Crippen LogP contribution in [0.15, 0.2) is 24.3 Å². The monoisotopic (exact) mass is 493 g/mol. The molecule has 9 nitrogen and oxygen atoms in total. The molecule has 4 aliphatic rings. The number of rotatable bonds is 3.